The number of amides is 2. The summed E-state index contributed by atoms with van der Waals surface area (Å²) in [4.78, 5) is 25.8. The van der Waals surface area contributed by atoms with Gasteiger partial charge >= 0.3 is 0 Å². The lowest BCUT2D eigenvalue weighted by Crippen LogP contribution is -2.34. The Balaban J connectivity index is 1.38. The number of hydrogen-bond donors (Lipinski definition) is 1. The van der Waals surface area contributed by atoms with Gasteiger partial charge in [-0.25, -0.2) is 0 Å². The molecule has 1 aromatic heterocycles. The van der Waals surface area contributed by atoms with Crippen LogP contribution in [0.5, 0.6) is 0 Å². The van der Waals surface area contributed by atoms with Crippen molar-refractivity contribution in [1.82, 2.24) is 10.2 Å². The molecule has 1 N–H and O–H groups in total. The van der Waals surface area contributed by atoms with Crippen molar-refractivity contribution in [2.75, 3.05) is 13.6 Å². The molecule has 2 aliphatic carbocycles. The van der Waals surface area contributed by atoms with Gasteiger partial charge in [-0.1, -0.05) is 19.8 Å². The highest BCUT2D eigenvalue weighted by atomic mass is 16.3. The molecule has 132 valence electrons. The van der Waals surface area contributed by atoms with Crippen LogP contribution in [0.3, 0.4) is 0 Å². The molecule has 1 aromatic rings. The Bertz CT molecular complexity index is 589. The van der Waals surface area contributed by atoms with Crippen LogP contribution in [0.4, 0.5) is 0 Å². The summed E-state index contributed by atoms with van der Waals surface area (Å²) in [7, 11) is 1.78. The van der Waals surface area contributed by atoms with Crippen LogP contribution in [-0.2, 0) is 16.1 Å². The van der Waals surface area contributed by atoms with Crippen molar-refractivity contribution < 1.29 is 14.0 Å². The van der Waals surface area contributed by atoms with Crippen LogP contribution >= 0.6 is 0 Å². The number of carbonyl (C=O) groups is 2. The van der Waals surface area contributed by atoms with Crippen molar-refractivity contribution in [3.8, 4) is 0 Å². The Morgan fingerprint density at radius 3 is 2.67 bits per heavy atom. The molecule has 0 unspecified atom stereocenters. The van der Waals surface area contributed by atoms with Gasteiger partial charge < -0.3 is 14.6 Å². The van der Waals surface area contributed by atoms with E-state index in [9.17, 15) is 9.59 Å². The van der Waals surface area contributed by atoms with E-state index < -0.39 is 0 Å². The molecule has 2 amide bonds. The van der Waals surface area contributed by atoms with Gasteiger partial charge in [-0.2, -0.15) is 0 Å². The molecule has 5 heteroatoms. The first-order valence-electron chi connectivity index (χ1n) is 9.15. The van der Waals surface area contributed by atoms with Gasteiger partial charge in [0, 0.05) is 31.8 Å². The van der Waals surface area contributed by atoms with Gasteiger partial charge in [0.15, 0.2) is 0 Å². The lowest BCUT2D eigenvalue weighted by molar-refractivity contribution is -0.130. The van der Waals surface area contributed by atoms with Crippen molar-refractivity contribution in [2.45, 2.75) is 57.9 Å². The molecular formula is C19H28N2O3. The highest BCUT2D eigenvalue weighted by molar-refractivity contribution is 5.80. The van der Waals surface area contributed by atoms with Gasteiger partial charge in [0.1, 0.15) is 11.5 Å². The molecule has 3 rings (SSSR count). The predicted octanol–water partition coefficient (Wildman–Crippen LogP) is 3.06. The molecule has 0 radical (unpaired) electrons. The average molecular weight is 332 g/mol. The standard InChI is InChI=1S/C19H28N2O3/c1-13-11-16(13)17-8-7-15(24-17)12-21(2)18(22)9-10-20-19(23)14-5-3-4-6-14/h7-8,13-14,16H,3-6,9-12H2,1-2H3,(H,20,23)/t13-,16+/m0/s1. The third-order valence-electron chi connectivity index (χ3n) is 5.34. The van der Waals surface area contributed by atoms with Crippen LogP contribution in [0.15, 0.2) is 16.5 Å². The molecule has 24 heavy (non-hydrogen) atoms. The second-order valence-electron chi connectivity index (χ2n) is 7.40. The van der Waals surface area contributed by atoms with Crippen molar-refractivity contribution in [3.05, 3.63) is 23.7 Å². The number of hydrogen-bond acceptors (Lipinski definition) is 3. The summed E-state index contributed by atoms with van der Waals surface area (Å²) in [6, 6.07) is 4.00. The van der Waals surface area contributed by atoms with Crippen LogP contribution in [0.1, 0.15) is 62.9 Å². The molecule has 0 saturated heterocycles. The quantitative estimate of drug-likeness (QED) is 0.835. The van der Waals surface area contributed by atoms with Crippen LogP contribution in [-0.4, -0.2) is 30.3 Å². The zero-order valence-corrected chi connectivity index (χ0v) is 14.7. The second kappa shape index (κ2) is 7.41. The average Bonchev–Trinajstić information content (AvgIpc) is 3.01. The minimum absolute atomic E-state index is 0.0273. The van der Waals surface area contributed by atoms with Crippen molar-refractivity contribution >= 4 is 11.8 Å². The highest BCUT2D eigenvalue weighted by Gasteiger charge is 2.36. The van der Waals surface area contributed by atoms with Gasteiger partial charge in [0.2, 0.25) is 11.8 Å². The monoisotopic (exact) mass is 332 g/mol. The second-order valence-corrected chi connectivity index (χ2v) is 7.40. The van der Waals surface area contributed by atoms with Gasteiger partial charge in [0.05, 0.1) is 6.54 Å². The molecule has 1 heterocycles. The van der Waals surface area contributed by atoms with E-state index in [0.29, 0.717) is 31.3 Å². The third kappa shape index (κ3) is 4.19. The Morgan fingerprint density at radius 1 is 1.29 bits per heavy atom. The van der Waals surface area contributed by atoms with E-state index in [1.807, 2.05) is 12.1 Å². The Hall–Kier alpha value is -1.78. The topological polar surface area (TPSA) is 62.6 Å². The Labute approximate surface area is 143 Å². The summed E-state index contributed by atoms with van der Waals surface area (Å²) >= 11 is 0. The predicted molar refractivity (Wildman–Crippen MR) is 91.3 cm³/mol. The molecule has 2 aliphatic rings. The van der Waals surface area contributed by atoms with Crippen molar-refractivity contribution in [1.29, 1.82) is 0 Å². The maximum atomic E-state index is 12.2. The number of rotatable bonds is 7. The molecule has 2 saturated carbocycles. The first-order chi connectivity index (χ1) is 11.5. The lowest BCUT2D eigenvalue weighted by atomic mass is 10.1. The minimum Gasteiger partial charge on any atom is -0.464 e. The van der Waals surface area contributed by atoms with Gasteiger partial charge in [0.25, 0.3) is 0 Å². The molecule has 2 atom stereocenters. The number of furan rings is 1. The Kier molecular flexibility index (Phi) is 5.27. The molecule has 0 bridgehead atoms. The van der Waals surface area contributed by atoms with Gasteiger partial charge in [-0.05, 0) is 37.3 Å². The lowest BCUT2D eigenvalue weighted by Gasteiger charge is -2.16. The maximum absolute atomic E-state index is 12.2. The molecule has 2 fully saturated rings. The Morgan fingerprint density at radius 2 is 2.00 bits per heavy atom. The van der Waals surface area contributed by atoms with Crippen LogP contribution in [0.2, 0.25) is 0 Å². The third-order valence-corrected chi connectivity index (χ3v) is 5.34. The zero-order chi connectivity index (χ0) is 17.1. The number of nitrogens with one attached hydrogen (secondary N) is 1. The first kappa shape index (κ1) is 17.1. The van der Waals surface area contributed by atoms with E-state index >= 15 is 0 Å². The van der Waals surface area contributed by atoms with Gasteiger partial charge in [-0.3, -0.25) is 9.59 Å². The van der Waals surface area contributed by atoms with Crippen LogP contribution in [0.25, 0.3) is 0 Å². The summed E-state index contributed by atoms with van der Waals surface area (Å²) in [6.07, 6.45) is 5.79. The zero-order valence-electron chi connectivity index (χ0n) is 14.7. The fourth-order valence-corrected chi connectivity index (χ4v) is 3.54. The molecule has 0 aliphatic heterocycles. The number of nitrogens with zero attached hydrogens (tertiary/aromatic N) is 1. The normalized spacial score (nSPS) is 23.2. The van der Waals surface area contributed by atoms with E-state index in [4.69, 9.17) is 4.42 Å². The van der Waals surface area contributed by atoms with Crippen LogP contribution in [0, 0.1) is 11.8 Å². The number of carbonyl (C=O) groups excluding carboxylic acids is 2. The summed E-state index contributed by atoms with van der Waals surface area (Å²) < 4.78 is 5.85. The van der Waals surface area contributed by atoms with E-state index in [0.717, 1.165) is 37.2 Å². The SMILES string of the molecule is C[C@H]1C[C@H]1c1ccc(CN(C)C(=O)CCNC(=O)C2CCCC2)o1. The summed E-state index contributed by atoms with van der Waals surface area (Å²) in [5.41, 5.74) is 0. The maximum Gasteiger partial charge on any atom is 0.224 e. The van der Waals surface area contributed by atoms with Gasteiger partial charge in [-0.15, -0.1) is 0 Å². The van der Waals surface area contributed by atoms with E-state index in [2.05, 4.69) is 12.2 Å². The van der Waals surface area contributed by atoms with Crippen molar-refractivity contribution in [2.24, 2.45) is 11.8 Å². The molecular weight excluding hydrogens is 304 g/mol. The fourth-order valence-electron chi connectivity index (χ4n) is 3.54. The summed E-state index contributed by atoms with van der Waals surface area (Å²) in [5.74, 6) is 3.44. The van der Waals surface area contributed by atoms with E-state index in [1.165, 1.54) is 6.42 Å². The molecule has 0 spiro atoms. The largest absolute Gasteiger partial charge is 0.464 e. The summed E-state index contributed by atoms with van der Waals surface area (Å²) in [6.45, 7) is 3.13. The van der Waals surface area contributed by atoms with Crippen molar-refractivity contribution in [3.63, 3.8) is 0 Å². The summed E-state index contributed by atoms with van der Waals surface area (Å²) in [5, 5.41) is 2.90. The minimum atomic E-state index is 0.0273. The first-order valence-corrected chi connectivity index (χ1v) is 9.15. The molecule has 5 nitrogen and oxygen atoms in total. The van der Waals surface area contributed by atoms with E-state index in [1.54, 1.807) is 11.9 Å². The highest BCUT2D eigenvalue weighted by Crippen LogP contribution is 2.47. The smallest absolute Gasteiger partial charge is 0.224 e. The molecule has 0 aromatic carbocycles. The van der Waals surface area contributed by atoms with E-state index in [-0.39, 0.29) is 17.7 Å². The fraction of sp³-hybridized carbons (Fsp3) is 0.684. The van der Waals surface area contributed by atoms with Crippen LogP contribution < -0.4 is 5.32 Å².